The van der Waals surface area contributed by atoms with Crippen molar-refractivity contribution in [3.8, 4) is 6.07 Å². The second kappa shape index (κ2) is 4.95. The minimum absolute atomic E-state index is 0.0879. The van der Waals surface area contributed by atoms with Crippen molar-refractivity contribution in [1.82, 2.24) is 0 Å². The van der Waals surface area contributed by atoms with Crippen LogP contribution in [0, 0.1) is 17.2 Å². The number of nitriles is 1. The first kappa shape index (κ1) is 14.0. The monoisotopic (exact) mass is 279 g/mol. The fraction of sp³-hybridized carbons (Fsp3) is 0.500. The van der Waals surface area contributed by atoms with Gasteiger partial charge in [0.25, 0.3) is 0 Å². The Labute approximate surface area is 113 Å². The Balaban J connectivity index is 2.59. The molecule has 102 valence electrons. The number of aliphatic hydroxyl groups is 1. The van der Waals surface area contributed by atoms with Crippen molar-refractivity contribution in [2.45, 2.75) is 36.7 Å². The maximum atomic E-state index is 12.0. The lowest BCUT2D eigenvalue weighted by Crippen LogP contribution is -2.41. The molecule has 0 bridgehead atoms. The van der Waals surface area contributed by atoms with E-state index in [-0.39, 0.29) is 17.1 Å². The molecule has 4 nitrogen and oxygen atoms in total. The molecule has 0 aromatic heterocycles. The molecule has 1 aliphatic rings. The van der Waals surface area contributed by atoms with Gasteiger partial charge < -0.3 is 5.11 Å². The summed E-state index contributed by atoms with van der Waals surface area (Å²) in [6.07, 6.45) is 1.42. The van der Waals surface area contributed by atoms with Crippen molar-refractivity contribution in [1.29, 1.82) is 5.26 Å². The molecule has 5 heteroatoms. The van der Waals surface area contributed by atoms with Gasteiger partial charge in [-0.3, -0.25) is 0 Å². The normalized spacial score (nSPS) is 26.2. The van der Waals surface area contributed by atoms with Crippen molar-refractivity contribution in [3.63, 3.8) is 0 Å². The second-order valence-corrected chi connectivity index (χ2v) is 7.04. The zero-order valence-electron chi connectivity index (χ0n) is 10.8. The van der Waals surface area contributed by atoms with E-state index in [4.69, 9.17) is 0 Å². The fourth-order valence-corrected chi connectivity index (χ4v) is 4.36. The van der Waals surface area contributed by atoms with Crippen LogP contribution in [0.3, 0.4) is 0 Å². The molecule has 2 atom stereocenters. The van der Waals surface area contributed by atoms with Crippen molar-refractivity contribution >= 4 is 9.84 Å². The van der Waals surface area contributed by atoms with Gasteiger partial charge in [0.2, 0.25) is 0 Å². The molecule has 1 N–H and O–H groups in total. The third kappa shape index (κ3) is 2.26. The fourth-order valence-electron chi connectivity index (χ4n) is 2.69. The summed E-state index contributed by atoms with van der Waals surface area (Å²) < 4.78 is 24.1. The number of nitrogens with zero attached hydrogens (tertiary/aromatic N) is 1. The number of benzene rings is 1. The zero-order chi connectivity index (χ0) is 14.1. The molecule has 0 saturated carbocycles. The molecule has 0 fully saturated rings. The Bertz CT molecular complexity index is 618. The Kier molecular flexibility index (Phi) is 3.66. The van der Waals surface area contributed by atoms with Crippen LogP contribution in [0.2, 0.25) is 0 Å². The average molecular weight is 279 g/mol. The Morgan fingerprint density at radius 2 is 2.16 bits per heavy atom. The number of rotatable bonds is 3. The second-order valence-electron chi connectivity index (χ2n) is 4.96. The topological polar surface area (TPSA) is 78.2 Å². The highest BCUT2D eigenvalue weighted by atomic mass is 32.2. The first-order valence-corrected chi connectivity index (χ1v) is 8.05. The van der Waals surface area contributed by atoms with Gasteiger partial charge in [0.1, 0.15) is 5.60 Å². The van der Waals surface area contributed by atoms with Crippen LogP contribution >= 0.6 is 0 Å². The molecular formula is C14H17NO3S. The first-order chi connectivity index (χ1) is 8.95. The van der Waals surface area contributed by atoms with Crippen molar-refractivity contribution < 1.29 is 13.5 Å². The van der Waals surface area contributed by atoms with E-state index in [1.54, 1.807) is 18.2 Å². The van der Waals surface area contributed by atoms with E-state index in [1.165, 1.54) is 6.07 Å². The summed E-state index contributed by atoms with van der Waals surface area (Å²) in [7, 11) is -3.34. The Morgan fingerprint density at radius 3 is 2.79 bits per heavy atom. The van der Waals surface area contributed by atoms with Gasteiger partial charge in [-0.05, 0) is 18.9 Å². The lowest BCUT2D eigenvalue weighted by atomic mass is 9.77. The molecule has 1 aromatic rings. The number of hydrogen-bond acceptors (Lipinski definition) is 4. The van der Waals surface area contributed by atoms with Gasteiger partial charge in [0.05, 0.1) is 22.6 Å². The van der Waals surface area contributed by atoms with Crippen LogP contribution in [0.1, 0.15) is 31.7 Å². The maximum absolute atomic E-state index is 12.0. The van der Waals surface area contributed by atoms with Crippen LogP contribution in [0.25, 0.3) is 0 Å². The summed E-state index contributed by atoms with van der Waals surface area (Å²) in [6.45, 7) is 1.94. The molecule has 2 unspecified atom stereocenters. The zero-order valence-corrected chi connectivity index (χ0v) is 11.7. The molecule has 0 amide bonds. The molecule has 2 rings (SSSR count). The lowest BCUT2D eigenvalue weighted by Gasteiger charge is -2.37. The van der Waals surface area contributed by atoms with Gasteiger partial charge in [-0.2, -0.15) is 5.26 Å². The molecule has 1 heterocycles. The Morgan fingerprint density at radius 1 is 1.47 bits per heavy atom. The summed E-state index contributed by atoms with van der Waals surface area (Å²) in [4.78, 5) is 0.167. The van der Waals surface area contributed by atoms with E-state index in [0.717, 1.165) is 6.42 Å². The molecule has 1 aliphatic heterocycles. The molecular weight excluding hydrogens is 262 g/mol. The van der Waals surface area contributed by atoms with Crippen molar-refractivity contribution in [2.24, 2.45) is 5.92 Å². The standard InChI is InChI=1S/C14H17NO3S/c1-2-5-11(10-15)14(16)8-9-19(17,18)13-7-4-3-6-12(13)14/h3-4,6-7,11,16H,2,5,8-9H2,1H3. The number of sulfone groups is 1. The lowest BCUT2D eigenvalue weighted by molar-refractivity contribution is -0.0139. The molecule has 0 saturated heterocycles. The van der Waals surface area contributed by atoms with Gasteiger partial charge in [0.15, 0.2) is 9.84 Å². The van der Waals surface area contributed by atoms with E-state index >= 15 is 0 Å². The summed E-state index contributed by atoms with van der Waals surface area (Å²) >= 11 is 0. The SMILES string of the molecule is CCCC(C#N)C1(O)CCS(=O)(=O)c2ccccc21. The smallest absolute Gasteiger partial charge is 0.178 e. The van der Waals surface area contributed by atoms with Gasteiger partial charge in [-0.1, -0.05) is 31.5 Å². The third-order valence-corrected chi connectivity index (χ3v) is 5.52. The quantitative estimate of drug-likeness (QED) is 0.917. The summed E-state index contributed by atoms with van der Waals surface area (Å²) in [5, 5.41) is 20.1. The first-order valence-electron chi connectivity index (χ1n) is 6.40. The molecule has 1 aromatic carbocycles. The van der Waals surface area contributed by atoms with E-state index in [9.17, 15) is 18.8 Å². The van der Waals surface area contributed by atoms with Gasteiger partial charge in [-0.15, -0.1) is 0 Å². The minimum Gasteiger partial charge on any atom is -0.384 e. The maximum Gasteiger partial charge on any atom is 0.178 e. The highest BCUT2D eigenvalue weighted by Gasteiger charge is 2.45. The molecule has 19 heavy (non-hydrogen) atoms. The predicted molar refractivity (Wildman–Crippen MR) is 71.0 cm³/mol. The summed E-state index contributed by atoms with van der Waals surface area (Å²) in [5.74, 6) is -0.684. The summed E-state index contributed by atoms with van der Waals surface area (Å²) in [6, 6.07) is 8.60. The van der Waals surface area contributed by atoms with Gasteiger partial charge in [0, 0.05) is 5.56 Å². The van der Waals surface area contributed by atoms with Crippen molar-refractivity contribution in [2.75, 3.05) is 5.75 Å². The molecule has 0 radical (unpaired) electrons. The highest BCUT2D eigenvalue weighted by Crippen LogP contribution is 2.43. The van der Waals surface area contributed by atoms with Crippen LogP contribution < -0.4 is 0 Å². The number of hydrogen-bond donors (Lipinski definition) is 1. The summed E-state index contributed by atoms with van der Waals surface area (Å²) in [5.41, 5.74) is -0.978. The van der Waals surface area contributed by atoms with Gasteiger partial charge >= 0.3 is 0 Å². The Hall–Kier alpha value is -1.38. The van der Waals surface area contributed by atoms with Crippen LogP contribution in [0.5, 0.6) is 0 Å². The number of fused-ring (bicyclic) bond motifs is 1. The molecule has 0 aliphatic carbocycles. The van der Waals surface area contributed by atoms with Gasteiger partial charge in [-0.25, -0.2) is 8.42 Å². The molecule has 0 spiro atoms. The largest absolute Gasteiger partial charge is 0.384 e. The minimum atomic E-state index is -3.34. The van der Waals surface area contributed by atoms with E-state index in [1.807, 2.05) is 6.92 Å². The third-order valence-electron chi connectivity index (χ3n) is 3.75. The predicted octanol–water partition coefficient (Wildman–Crippen LogP) is 1.99. The van der Waals surface area contributed by atoms with Crippen LogP contribution in [-0.2, 0) is 15.4 Å². The van der Waals surface area contributed by atoms with E-state index < -0.39 is 21.4 Å². The van der Waals surface area contributed by atoms with E-state index in [2.05, 4.69) is 6.07 Å². The van der Waals surface area contributed by atoms with Crippen LogP contribution in [-0.4, -0.2) is 19.3 Å². The average Bonchev–Trinajstić information content (AvgIpc) is 2.41. The van der Waals surface area contributed by atoms with Crippen LogP contribution in [0.15, 0.2) is 29.2 Å². The highest BCUT2D eigenvalue weighted by molar-refractivity contribution is 7.91. The van der Waals surface area contributed by atoms with Crippen molar-refractivity contribution in [3.05, 3.63) is 29.8 Å². The van der Waals surface area contributed by atoms with Crippen LogP contribution in [0.4, 0.5) is 0 Å². The van der Waals surface area contributed by atoms with E-state index in [0.29, 0.717) is 12.0 Å².